The van der Waals surface area contributed by atoms with Crippen LogP contribution in [0.3, 0.4) is 0 Å². The summed E-state index contributed by atoms with van der Waals surface area (Å²) in [5, 5.41) is 5.96. The van der Waals surface area contributed by atoms with Gasteiger partial charge in [-0.05, 0) is 24.6 Å². The molecule has 0 bridgehead atoms. The van der Waals surface area contributed by atoms with E-state index in [1.54, 1.807) is 20.3 Å². The molecular weight excluding hydrogens is 356 g/mol. The van der Waals surface area contributed by atoms with Crippen LogP contribution in [0.4, 0.5) is 11.5 Å². The molecule has 28 heavy (non-hydrogen) atoms. The second kappa shape index (κ2) is 8.85. The molecule has 1 amide bonds. The zero-order valence-electron chi connectivity index (χ0n) is 16.0. The van der Waals surface area contributed by atoms with E-state index in [-0.39, 0.29) is 11.6 Å². The highest BCUT2D eigenvalue weighted by Crippen LogP contribution is 2.30. The first-order chi connectivity index (χ1) is 13.6. The summed E-state index contributed by atoms with van der Waals surface area (Å²) in [6.45, 7) is 2.46. The Morgan fingerprint density at radius 1 is 1.00 bits per heavy atom. The number of amides is 1. The zero-order valence-corrected chi connectivity index (χ0v) is 16.0. The molecule has 1 aromatic heterocycles. The van der Waals surface area contributed by atoms with Gasteiger partial charge in [0, 0.05) is 12.6 Å². The predicted octanol–water partition coefficient (Wildman–Crippen LogP) is 3.48. The summed E-state index contributed by atoms with van der Waals surface area (Å²) in [6.07, 6.45) is 2.94. The number of carbonyl (C=O) groups excluding carboxylic acids is 1. The molecule has 3 rings (SSSR count). The average molecular weight is 378 g/mol. The maximum Gasteiger partial charge on any atom is 0.271 e. The zero-order chi connectivity index (χ0) is 19.9. The van der Waals surface area contributed by atoms with E-state index in [9.17, 15) is 4.79 Å². The van der Waals surface area contributed by atoms with Crippen molar-refractivity contribution in [1.82, 2.24) is 15.3 Å². The second-order valence-electron chi connectivity index (χ2n) is 6.15. The molecule has 7 heteroatoms. The van der Waals surface area contributed by atoms with Crippen molar-refractivity contribution in [3.8, 4) is 11.5 Å². The van der Waals surface area contributed by atoms with Gasteiger partial charge < -0.3 is 20.1 Å². The minimum absolute atomic E-state index is 0.249. The fourth-order valence-corrected chi connectivity index (χ4v) is 2.53. The van der Waals surface area contributed by atoms with E-state index in [0.29, 0.717) is 29.5 Å². The van der Waals surface area contributed by atoms with Crippen molar-refractivity contribution in [1.29, 1.82) is 0 Å². The quantitative estimate of drug-likeness (QED) is 0.655. The first kappa shape index (κ1) is 19.2. The van der Waals surface area contributed by atoms with Crippen LogP contribution in [0.2, 0.25) is 0 Å². The highest BCUT2D eigenvalue weighted by atomic mass is 16.5. The number of aromatic nitrogens is 2. The summed E-state index contributed by atoms with van der Waals surface area (Å²) in [5.41, 5.74) is 3.17. The number of ether oxygens (including phenoxy) is 2. The monoisotopic (exact) mass is 378 g/mol. The number of hydrogen-bond donors (Lipinski definition) is 2. The maximum atomic E-state index is 12.3. The fourth-order valence-electron chi connectivity index (χ4n) is 2.53. The number of rotatable bonds is 7. The summed E-state index contributed by atoms with van der Waals surface area (Å²) in [4.78, 5) is 20.7. The van der Waals surface area contributed by atoms with Crippen LogP contribution >= 0.6 is 0 Å². The van der Waals surface area contributed by atoms with E-state index in [0.717, 1.165) is 5.56 Å². The van der Waals surface area contributed by atoms with Gasteiger partial charge in [0.2, 0.25) is 0 Å². The van der Waals surface area contributed by atoms with E-state index in [1.807, 2.05) is 43.3 Å². The number of carbonyl (C=O) groups is 1. The molecule has 0 aliphatic heterocycles. The summed E-state index contributed by atoms with van der Waals surface area (Å²) in [5.74, 6) is 1.52. The van der Waals surface area contributed by atoms with Gasteiger partial charge in [-0.25, -0.2) is 9.97 Å². The molecule has 0 saturated heterocycles. The van der Waals surface area contributed by atoms with Crippen LogP contribution in [-0.2, 0) is 6.54 Å². The predicted molar refractivity (Wildman–Crippen MR) is 107 cm³/mol. The number of hydrogen-bond acceptors (Lipinski definition) is 6. The lowest BCUT2D eigenvalue weighted by Gasteiger charge is -2.12. The molecule has 1 heterocycles. The van der Waals surface area contributed by atoms with Crippen molar-refractivity contribution >= 4 is 17.4 Å². The molecular formula is C21H22N4O3. The van der Waals surface area contributed by atoms with Crippen molar-refractivity contribution in [2.24, 2.45) is 0 Å². The van der Waals surface area contributed by atoms with E-state index in [1.165, 1.54) is 18.0 Å². The van der Waals surface area contributed by atoms with E-state index in [4.69, 9.17) is 9.47 Å². The maximum absolute atomic E-state index is 12.3. The van der Waals surface area contributed by atoms with Gasteiger partial charge in [0.15, 0.2) is 0 Å². The van der Waals surface area contributed by atoms with Gasteiger partial charge in [-0.2, -0.15) is 0 Å². The van der Waals surface area contributed by atoms with Gasteiger partial charge in [0.05, 0.1) is 32.3 Å². The Bertz CT molecular complexity index is 941. The first-order valence-corrected chi connectivity index (χ1v) is 8.74. The van der Waals surface area contributed by atoms with E-state index in [2.05, 4.69) is 20.6 Å². The standard InChI is InChI=1S/C21H22N4O3/c1-14-4-6-15(7-5-14)11-24-21(26)18-12-23-20(13-22-18)25-17-9-8-16(27-2)10-19(17)28-3/h4-10,12-13H,11H2,1-3H3,(H,23,25)(H,24,26). The lowest BCUT2D eigenvalue weighted by molar-refractivity contribution is 0.0945. The number of nitrogens with zero attached hydrogens (tertiary/aromatic N) is 2. The van der Waals surface area contributed by atoms with Crippen LogP contribution < -0.4 is 20.1 Å². The molecule has 3 aromatic rings. The Morgan fingerprint density at radius 2 is 1.79 bits per heavy atom. The van der Waals surface area contributed by atoms with Crippen LogP contribution in [0, 0.1) is 6.92 Å². The summed E-state index contributed by atoms with van der Waals surface area (Å²) in [6, 6.07) is 13.4. The molecule has 0 aliphatic carbocycles. The minimum atomic E-state index is -0.276. The molecule has 0 saturated carbocycles. The van der Waals surface area contributed by atoms with Crippen molar-refractivity contribution < 1.29 is 14.3 Å². The van der Waals surface area contributed by atoms with Crippen LogP contribution in [0.15, 0.2) is 54.9 Å². The SMILES string of the molecule is COc1ccc(Nc2cnc(C(=O)NCc3ccc(C)cc3)cn2)c(OC)c1. The fraction of sp³-hybridized carbons (Fsp3) is 0.190. The molecule has 2 N–H and O–H groups in total. The summed E-state index contributed by atoms with van der Waals surface area (Å²) in [7, 11) is 3.17. The Hall–Kier alpha value is -3.61. The summed E-state index contributed by atoms with van der Waals surface area (Å²) < 4.78 is 10.5. The van der Waals surface area contributed by atoms with Gasteiger partial charge in [-0.15, -0.1) is 0 Å². The molecule has 7 nitrogen and oxygen atoms in total. The number of aryl methyl sites for hydroxylation is 1. The normalized spacial score (nSPS) is 10.2. The topological polar surface area (TPSA) is 85.4 Å². The molecule has 2 aromatic carbocycles. The Labute approximate surface area is 163 Å². The third-order valence-corrected chi connectivity index (χ3v) is 4.13. The third kappa shape index (κ3) is 4.76. The Balaban J connectivity index is 1.63. The molecule has 144 valence electrons. The van der Waals surface area contributed by atoms with Crippen molar-refractivity contribution in [3.63, 3.8) is 0 Å². The van der Waals surface area contributed by atoms with Crippen molar-refractivity contribution in [2.45, 2.75) is 13.5 Å². The van der Waals surface area contributed by atoms with E-state index >= 15 is 0 Å². The van der Waals surface area contributed by atoms with Crippen LogP contribution in [-0.4, -0.2) is 30.1 Å². The third-order valence-electron chi connectivity index (χ3n) is 4.13. The lowest BCUT2D eigenvalue weighted by Crippen LogP contribution is -2.24. The van der Waals surface area contributed by atoms with Crippen molar-refractivity contribution in [2.75, 3.05) is 19.5 Å². The molecule has 0 radical (unpaired) electrons. The number of nitrogens with one attached hydrogen (secondary N) is 2. The number of anilines is 2. The van der Waals surface area contributed by atoms with Crippen LogP contribution in [0.5, 0.6) is 11.5 Å². The number of methoxy groups -OCH3 is 2. The Kier molecular flexibility index (Phi) is 6.06. The van der Waals surface area contributed by atoms with Gasteiger partial charge in [-0.3, -0.25) is 4.79 Å². The number of benzene rings is 2. The van der Waals surface area contributed by atoms with Crippen LogP contribution in [0.1, 0.15) is 21.6 Å². The summed E-state index contributed by atoms with van der Waals surface area (Å²) >= 11 is 0. The minimum Gasteiger partial charge on any atom is -0.497 e. The second-order valence-corrected chi connectivity index (χ2v) is 6.15. The van der Waals surface area contributed by atoms with Gasteiger partial charge in [-0.1, -0.05) is 29.8 Å². The highest BCUT2D eigenvalue weighted by Gasteiger charge is 2.10. The first-order valence-electron chi connectivity index (χ1n) is 8.74. The molecule has 0 atom stereocenters. The molecule has 0 fully saturated rings. The van der Waals surface area contributed by atoms with E-state index < -0.39 is 0 Å². The van der Waals surface area contributed by atoms with Gasteiger partial charge in [0.1, 0.15) is 23.0 Å². The lowest BCUT2D eigenvalue weighted by atomic mass is 10.1. The van der Waals surface area contributed by atoms with Gasteiger partial charge in [0.25, 0.3) is 5.91 Å². The highest BCUT2D eigenvalue weighted by molar-refractivity contribution is 5.92. The average Bonchev–Trinajstić information content (AvgIpc) is 2.74. The van der Waals surface area contributed by atoms with Crippen LogP contribution in [0.25, 0.3) is 0 Å². The van der Waals surface area contributed by atoms with Crippen molar-refractivity contribution in [3.05, 3.63) is 71.7 Å². The Morgan fingerprint density at radius 3 is 2.43 bits per heavy atom. The molecule has 0 spiro atoms. The largest absolute Gasteiger partial charge is 0.497 e. The molecule has 0 aliphatic rings. The molecule has 0 unspecified atom stereocenters. The smallest absolute Gasteiger partial charge is 0.271 e. The van der Waals surface area contributed by atoms with Gasteiger partial charge >= 0.3 is 0 Å².